The van der Waals surface area contributed by atoms with E-state index in [4.69, 9.17) is 23.1 Å². The van der Waals surface area contributed by atoms with E-state index in [1.807, 2.05) is 6.92 Å². The number of nitrogen functional groups attached to an aromatic ring is 1. The van der Waals surface area contributed by atoms with Crippen LogP contribution in [0.5, 0.6) is 0 Å². The Morgan fingerprint density at radius 3 is 2.34 bits per heavy atom. The number of benzene rings is 3. The number of terminal acetylenes is 2. The number of nitrogens with two attached hydrogens (primary N) is 1. The first-order valence-corrected chi connectivity index (χ1v) is 19.4. The highest BCUT2D eigenvalue weighted by atomic mass is 31.2. The van der Waals surface area contributed by atoms with Crippen molar-refractivity contribution in [2.24, 2.45) is 0 Å². The van der Waals surface area contributed by atoms with Gasteiger partial charge in [0.15, 0.2) is 16.9 Å². The van der Waals surface area contributed by atoms with Gasteiger partial charge in [-0.15, -0.1) is 0 Å². The Morgan fingerprint density at radius 2 is 1.66 bits per heavy atom. The van der Waals surface area contributed by atoms with E-state index >= 15 is 0 Å². The number of aromatic nitrogens is 4. The number of H-pyrrole nitrogens is 1. The summed E-state index contributed by atoms with van der Waals surface area (Å²) in [7, 11) is -4.08. The number of hydrogen-bond acceptors (Lipinski definition) is 14. The molecule has 0 aliphatic heterocycles. The number of anilines is 2. The van der Waals surface area contributed by atoms with Crippen molar-refractivity contribution in [1.29, 1.82) is 0 Å². The maximum absolute atomic E-state index is 13.4. The molecular weight excluding hydrogens is 781 g/mol. The molecule has 0 bridgehead atoms. The largest absolute Gasteiger partial charge is 0.604 e. The van der Waals surface area contributed by atoms with Crippen LogP contribution in [0, 0.1) is 32.0 Å². The number of nitrogens with one attached hydrogen (secondary N) is 3. The molecule has 1 amide bonds. The summed E-state index contributed by atoms with van der Waals surface area (Å²) in [4.78, 5) is 78.5. The molecule has 3 aromatic carbocycles. The van der Waals surface area contributed by atoms with Crippen molar-refractivity contribution in [2.45, 2.75) is 51.6 Å². The third kappa shape index (κ3) is 12.1. The average Bonchev–Trinajstić information content (AvgIpc) is 3.19. The Balaban J connectivity index is 1.12. The van der Waals surface area contributed by atoms with E-state index in [2.05, 4.69) is 39.6 Å². The van der Waals surface area contributed by atoms with Crippen LogP contribution in [0.15, 0.2) is 77.7 Å². The summed E-state index contributed by atoms with van der Waals surface area (Å²) < 4.78 is 26.4. The zero-order chi connectivity index (χ0) is 42.5. The zero-order valence-corrected chi connectivity index (χ0v) is 32.5. The summed E-state index contributed by atoms with van der Waals surface area (Å²) >= 11 is 0. The smallest absolute Gasteiger partial charge is 0.480 e. The number of carbonyl (C=O) groups excluding carboxylic acids is 3. The number of phosphoric ester groups is 1. The lowest BCUT2D eigenvalue weighted by Gasteiger charge is -2.15. The molecular formula is C41H38N7O10P. The summed E-state index contributed by atoms with van der Waals surface area (Å²) in [6.45, 7) is 1.96. The van der Waals surface area contributed by atoms with Gasteiger partial charge in [-0.05, 0) is 60.7 Å². The van der Waals surface area contributed by atoms with Gasteiger partial charge in [0, 0.05) is 36.1 Å². The van der Waals surface area contributed by atoms with Gasteiger partial charge in [0.05, 0.1) is 25.0 Å². The number of rotatable bonds is 20. The number of hydrogen-bond donors (Lipinski definition) is 5. The fourth-order valence-corrected chi connectivity index (χ4v) is 6.53. The van der Waals surface area contributed by atoms with Gasteiger partial charge in [-0.2, -0.15) is 4.98 Å². The molecule has 59 heavy (non-hydrogen) atoms. The van der Waals surface area contributed by atoms with Crippen LogP contribution in [-0.4, -0.2) is 61.1 Å². The number of ketones is 2. The number of carbonyl (C=O) groups is 4. The second-order valence-corrected chi connectivity index (χ2v) is 14.6. The van der Waals surface area contributed by atoms with Gasteiger partial charge >= 0.3 is 13.8 Å². The van der Waals surface area contributed by atoms with Crippen LogP contribution in [0.1, 0.15) is 61.5 Å². The molecule has 0 unspecified atom stereocenters. The van der Waals surface area contributed by atoms with Crippen LogP contribution in [0.25, 0.3) is 11.2 Å². The molecule has 0 aliphatic carbocycles. The van der Waals surface area contributed by atoms with Crippen molar-refractivity contribution < 1.29 is 42.4 Å². The van der Waals surface area contributed by atoms with E-state index in [0.717, 1.165) is 11.1 Å². The van der Waals surface area contributed by atoms with Gasteiger partial charge < -0.3 is 30.5 Å². The third-order valence-electron chi connectivity index (χ3n) is 8.73. The molecule has 0 radical (unpaired) electrons. The first kappa shape index (κ1) is 42.8. The Bertz CT molecular complexity index is 2540. The number of aliphatic carboxylic acids is 1. The monoisotopic (exact) mass is 819 g/mol. The van der Waals surface area contributed by atoms with E-state index in [1.54, 1.807) is 66.8 Å². The molecule has 0 aliphatic rings. The number of carboxylic acid groups (broad SMARTS) is 1. The number of phosphoric acid groups is 1. The molecule has 2 heterocycles. The minimum absolute atomic E-state index is 0.0369. The Kier molecular flexibility index (Phi) is 14.3. The standard InChI is InChI=1S/C41H38N7O10P/c1-4-56-59(55,57-5-2)58-19-18-26-7-9-27(10-8-26)21-35(50)33-16-6-25(3)20-29(33)22-32(49)15-17-34(40(53)54)46-38(51)28-11-13-30(14-12-28)43-23-31-24-44-37-36(45-31)39(52)48-41(42)47-37/h1-2,6-14,16,20,24,34,43H,15,17-19,21-23H2,3H3,(H,46,51)(H,53,54)(H3,42,44,47,48,52)/t34-/m0/s1. The van der Waals surface area contributed by atoms with Gasteiger partial charge in [-0.25, -0.2) is 19.3 Å². The van der Waals surface area contributed by atoms with Gasteiger partial charge in [-0.1, -0.05) is 60.9 Å². The van der Waals surface area contributed by atoms with E-state index in [0.29, 0.717) is 34.5 Å². The van der Waals surface area contributed by atoms with E-state index < -0.39 is 31.3 Å². The van der Waals surface area contributed by atoms with Crippen LogP contribution in [-0.2, 0) is 53.5 Å². The molecule has 0 fully saturated rings. The van der Waals surface area contributed by atoms with Crippen LogP contribution in [0.4, 0.5) is 11.6 Å². The summed E-state index contributed by atoms with van der Waals surface area (Å²) in [5, 5.41) is 15.4. The molecule has 302 valence electrons. The van der Waals surface area contributed by atoms with Crippen molar-refractivity contribution in [3.63, 3.8) is 0 Å². The first-order chi connectivity index (χ1) is 28.2. The molecule has 6 N–H and O–H groups in total. The van der Waals surface area contributed by atoms with E-state index in [9.17, 15) is 33.6 Å². The zero-order valence-electron chi connectivity index (χ0n) is 31.6. The highest BCUT2D eigenvalue weighted by Crippen LogP contribution is 2.48. The highest BCUT2D eigenvalue weighted by molar-refractivity contribution is 7.48. The SMILES string of the molecule is C#COP(=O)(OC#C)OCCc1ccc(CC(=O)c2ccc(C)cc2CC(=O)CC[C@H](NC(=O)c2ccc(NCc3cnc4nc(N)[nH]c(=O)c4n3)cc2)C(=O)O)cc1. The molecule has 17 nitrogen and oxygen atoms in total. The number of aryl methyl sites for hydroxylation is 1. The number of amides is 1. The minimum Gasteiger partial charge on any atom is -0.480 e. The number of aromatic amines is 1. The maximum Gasteiger partial charge on any atom is 0.604 e. The summed E-state index contributed by atoms with van der Waals surface area (Å²) in [6, 6.07) is 17.1. The highest BCUT2D eigenvalue weighted by Gasteiger charge is 2.28. The fraction of sp³-hybridized carbons (Fsp3) is 0.220. The van der Waals surface area contributed by atoms with Crippen LogP contribution in [0.2, 0.25) is 0 Å². The lowest BCUT2D eigenvalue weighted by molar-refractivity contribution is -0.139. The number of nitrogens with zero attached hydrogens (tertiary/aromatic N) is 3. The molecule has 0 spiro atoms. The van der Waals surface area contributed by atoms with Gasteiger partial charge in [0.25, 0.3) is 11.5 Å². The summed E-state index contributed by atoms with van der Waals surface area (Å²) in [5.74, 6) is -2.55. The van der Waals surface area contributed by atoms with Gasteiger partial charge in [0.1, 0.15) is 24.0 Å². The van der Waals surface area contributed by atoms with Crippen LogP contribution < -0.4 is 21.9 Å². The van der Waals surface area contributed by atoms with E-state index in [1.165, 1.54) is 18.3 Å². The topological polar surface area (TPSA) is 255 Å². The Labute approximate surface area is 337 Å². The predicted molar refractivity (Wildman–Crippen MR) is 216 cm³/mol. The lowest BCUT2D eigenvalue weighted by Crippen LogP contribution is -2.41. The average molecular weight is 820 g/mol. The third-order valence-corrected chi connectivity index (χ3v) is 9.88. The molecule has 0 saturated heterocycles. The molecule has 1 atom stereocenters. The number of carboxylic acids is 1. The minimum atomic E-state index is -4.08. The molecule has 2 aromatic heterocycles. The van der Waals surface area contributed by atoms with Crippen molar-refractivity contribution in [3.8, 4) is 25.1 Å². The van der Waals surface area contributed by atoms with Gasteiger partial charge in [-0.3, -0.25) is 28.7 Å². The molecule has 0 saturated carbocycles. The quantitative estimate of drug-likeness (QED) is 0.0417. The Morgan fingerprint density at radius 1 is 0.966 bits per heavy atom. The van der Waals surface area contributed by atoms with Crippen LogP contribution >= 0.6 is 7.82 Å². The second-order valence-electron chi connectivity index (χ2n) is 13.1. The number of Topliss-reactive ketones (excluding diaryl/α,β-unsaturated/α-hetero) is 2. The normalized spacial score (nSPS) is 11.4. The van der Waals surface area contributed by atoms with Crippen molar-refractivity contribution in [2.75, 3.05) is 17.7 Å². The maximum atomic E-state index is 13.4. The van der Waals surface area contributed by atoms with Gasteiger partial charge in [0.2, 0.25) is 5.95 Å². The predicted octanol–water partition coefficient (Wildman–Crippen LogP) is 4.30. The first-order valence-electron chi connectivity index (χ1n) is 17.9. The fourth-order valence-electron chi connectivity index (χ4n) is 5.81. The van der Waals surface area contributed by atoms with Crippen molar-refractivity contribution in [1.82, 2.24) is 25.3 Å². The Hall–Kier alpha value is -7.33. The van der Waals surface area contributed by atoms with E-state index in [-0.39, 0.29) is 73.1 Å². The number of fused-ring (bicyclic) bond motifs is 1. The molecule has 18 heteroatoms. The summed E-state index contributed by atoms with van der Waals surface area (Å²) in [6.07, 6.45) is 14.8. The lowest BCUT2D eigenvalue weighted by atomic mass is 9.92. The van der Waals surface area contributed by atoms with Crippen LogP contribution in [0.3, 0.4) is 0 Å². The van der Waals surface area contributed by atoms with Crippen molar-refractivity contribution >= 4 is 54.1 Å². The second kappa shape index (κ2) is 19.7. The molecule has 5 rings (SSSR count). The molecule has 5 aromatic rings. The van der Waals surface area contributed by atoms with Crippen molar-refractivity contribution in [3.05, 3.63) is 122 Å². The summed E-state index contributed by atoms with van der Waals surface area (Å²) in [5.41, 5.74) is 9.64.